The van der Waals surface area contributed by atoms with Crippen molar-refractivity contribution in [1.82, 2.24) is 0 Å². The monoisotopic (exact) mass is 327 g/mol. The first-order valence-corrected chi connectivity index (χ1v) is 6.98. The number of halogens is 1. The van der Waals surface area contributed by atoms with Gasteiger partial charge in [0.15, 0.2) is 0 Å². The molecule has 0 N–H and O–H groups in total. The van der Waals surface area contributed by atoms with Crippen LogP contribution in [-0.4, -0.2) is 13.0 Å². The van der Waals surface area contributed by atoms with E-state index in [0.717, 1.165) is 21.3 Å². The number of carbonyl (C=O) groups is 1. The van der Waals surface area contributed by atoms with Crippen molar-refractivity contribution >= 4 is 27.5 Å². The predicted molar refractivity (Wildman–Crippen MR) is 85.6 cm³/mol. The fourth-order valence-electron chi connectivity index (χ4n) is 1.72. The van der Waals surface area contributed by atoms with E-state index >= 15 is 0 Å². The second kappa shape index (κ2) is 6.40. The van der Waals surface area contributed by atoms with Crippen LogP contribution in [0.4, 0.5) is 5.69 Å². The van der Waals surface area contributed by atoms with Gasteiger partial charge in [-0.3, -0.25) is 4.79 Å². The molecular formula is C17H14BrNO. The zero-order valence-corrected chi connectivity index (χ0v) is 12.9. The molecule has 3 heteroatoms. The molecule has 0 aliphatic carbocycles. The lowest BCUT2D eigenvalue weighted by atomic mass is 10.2. The van der Waals surface area contributed by atoms with E-state index in [1.54, 1.807) is 11.9 Å². The molecule has 0 radical (unpaired) electrons. The highest BCUT2D eigenvalue weighted by molar-refractivity contribution is 9.10. The molecular weight excluding hydrogens is 314 g/mol. The summed E-state index contributed by atoms with van der Waals surface area (Å²) in [6.07, 6.45) is 0. The number of benzene rings is 2. The number of carbonyl (C=O) groups excluding carboxylic acids is 1. The summed E-state index contributed by atoms with van der Waals surface area (Å²) in [5, 5.41) is 0. The van der Waals surface area contributed by atoms with Crippen LogP contribution in [0.2, 0.25) is 0 Å². The molecule has 20 heavy (non-hydrogen) atoms. The molecule has 0 aromatic heterocycles. The topological polar surface area (TPSA) is 20.3 Å². The lowest BCUT2D eigenvalue weighted by Gasteiger charge is -2.16. The highest BCUT2D eigenvalue weighted by Gasteiger charge is 2.11. The van der Waals surface area contributed by atoms with Crippen LogP contribution in [0.3, 0.4) is 0 Å². The Labute approximate surface area is 127 Å². The summed E-state index contributed by atoms with van der Waals surface area (Å²) in [5.41, 5.74) is 2.78. The van der Waals surface area contributed by atoms with Gasteiger partial charge < -0.3 is 4.90 Å². The molecule has 0 bridgehead atoms. The van der Waals surface area contributed by atoms with Gasteiger partial charge in [0.05, 0.1) is 5.69 Å². The zero-order chi connectivity index (χ0) is 14.5. The number of aryl methyl sites for hydroxylation is 1. The van der Waals surface area contributed by atoms with Gasteiger partial charge in [-0.25, -0.2) is 0 Å². The van der Waals surface area contributed by atoms with Crippen molar-refractivity contribution in [1.29, 1.82) is 0 Å². The number of rotatable bonds is 1. The fraction of sp³-hybridized carbons (Fsp3) is 0.118. The van der Waals surface area contributed by atoms with Gasteiger partial charge in [0.1, 0.15) is 0 Å². The maximum Gasteiger partial charge on any atom is 0.303 e. The van der Waals surface area contributed by atoms with Gasteiger partial charge in [-0.15, -0.1) is 0 Å². The van der Waals surface area contributed by atoms with Gasteiger partial charge in [-0.1, -0.05) is 30.2 Å². The first kappa shape index (κ1) is 14.4. The first-order valence-electron chi connectivity index (χ1n) is 6.19. The van der Waals surface area contributed by atoms with Gasteiger partial charge >= 0.3 is 5.91 Å². The van der Waals surface area contributed by atoms with Crippen LogP contribution in [0, 0.1) is 18.8 Å². The Bertz CT molecular complexity index is 683. The molecule has 0 saturated heterocycles. The predicted octanol–water partition coefficient (Wildman–Crippen LogP) is 3.77. The van der Waals surface area contributed by atoms with Crippen molar-refractivity contribution in [2.24, 2.45) is 0 Å². The van der Waals surface area contributed by atoms with Crippen molar-refractivity contribution in [3.8, 4) is 11.8 Å². The van der Waals surface area contributed by atoms with Crippen molar-refractivity contribution in [2.45, 2.75) is 6.92 Å². The molecule has 1 amide bonds. The van der Waals surface area contributed by atoms with Crippen LogP contribution in [0.1, 0.15) is 11.1 Å². The summed E-state index contributed by atoms with van der Waals surface area (Å²) in [5.74, 6) is 5.29. The minimum atomic E-state index is -0.238. The Kier molecular flexibility index (Phi) is 4.60. The quantitative estimate of drug-likeness (QED) is 0.730. The van der Waals surface area contributed by atoms with Crippen LogP contribution in [-0.2, 0) is 4.79 Å². The van der Waals surface area contributed by atoms with E-state index in [-0.39, 0.29) is 5.91 Å². The molecule has 2 aromatic carbocycles. The van der Waals surface area contributed by atoms with E-state index in [2.05, 4.69) is 27.8 Å². The smallest absolute Gasteiger partial charge is 0.303 e. The van der Waals surface area contributed by atoms with Crippen molar-refractivity contribution in [2.75, 3.05) is 11.9 Å². The van der Waals surface area contributed by atoms with E-state index in [0.29, 0.717) is 0 Å². The number of anilines is 1. The summed E-state index contributed by atoms with van der Waals surface area (Å²) in [4.78, 5) is 13.6. The lowest BCUT2D eigenvalue weighted by Crippen LogP contribution is -2.24. The van der Waals surface area contributed by atoms with E-state index in [4.69, 9.17) is 0 Å². The molecule has 0 aliphatic heterocycles. The van der Waals surface area contributed by atoms with Crippen LogP contribution in [0.15, 0.2) is 53.0 Å². The Morgan fingerprint density at radius 3 is 2.50 bits per heavy atom. The molecule has 0 unspecified atom stereocenters. The SMILES string of the molecule is Cc1ccc(N(C)C(=O)C#Cc2ccccc2)c(Br)c1. The zero-order valence-electron chi connectivity index (χ0n) is 11.4. The highest BCUT2D eigenvalue weighted by Crippen LogP contribution is 2.26. The second-order valence-corrected chi connectivity index (χ2v) is 5.29. The summed E-state index contributed by atoms with van der Waals surface area (Å²) in [7, 11) is 1.72. The third kappa shape index (κ3) is 3.49. The van der Waals surface area contributed by atoms with E-state index in [9.17, 15) is 4.79 Å². The van der Waals surface area contributed by atoms with Gasteiger partial charge in [0.25, 0.3) is 0 Å². The first-order chi connectivity index (χ1) is 9.58. The Balaban J connectivity index is 2.19. The molecule has 100 valence electrons. The minimum Gasteiger partial charge on any atom is -0.304 e. The Hall–Kier alpha value is -2.05. The average molecular weight is 328 g/mol. The number of hydrogen-bond acceptors (Lipinski definition) is 1. The van der Waals surface area contributed by atoms with Crippen molar-refractivity contribution in [3.63, 3.8) is 0 Å². The van der Waals surface area contributed by atoms with E-state index in [1.165, 1.54) is 0 Å². The highest BCUT2D eigenvalue weighted by atomic mass is 79.9. The second-order valence-electron chi connectivity index (χ2n) is 4.44. The van der Waals surface area contributed by atoms with Crippen LogP contribution >= 0.6 is 15.9 Å². The number of hydrogen-bond donors (Lipinski definition) is 0. The molecule has 0 aliphatic rings. The maximum atomic E-state index is 12.1. The maximum absolute atomic E-state index is 12.1. The largest absolute Gasteiger partial charge is 0.304 e. The molecule has 0 fully saturated rings. The standard InChI is InChI=1S/C17H14BrNO/c1-13-8-10-16(15(18)12-13)19(2)17(20)11-9-14-6-4-3-5-7-14/h3-8,10,12H,1-2H3. The molecule has 0 heterocycles. The van der Waals surface area contributed by atoms with Crippen LogP contribution in [0.25, 0.3) is 0 Å². The summed E-state index contributed by atoms with van der Waals surface area (Å²) in [6.45, 7) is 2.01. The summed E-state index contributed by atoms with van der Waals surface area (Å²) in [6, 6.07) is 15.3. The average Bonchev–Trinajstić information content (AvgIpc) is 2.45. The molecule has 0 saturated carbocycles. The molecule has 2 rings (SSSR count). The third-order valence-corrected chi connectivity index (χ3v) is 3.49. The Morgan fingerprint density at radius 1 is 1.15 bits per heavy atom. The van der Waals surface area contributed by atoms with Crippen molar-refractivity contribution < 1.29 is 4.79 Å². The number of nitrogens with zero attached hydrogens (tertiary/aromatic N) is 1. The molecule has 0 spiro atoms. The normalized spacial score (nSPS) is 9.55. The number of amides is 1. The molecule has 2 aromatic rings. The lowest BCUT2D eigenvalue weighted by molar-refractivity contribution is -0.113. The van der Waals surface area contributed by atoms with Gasteiger partial charge in [0.2, 0.25) is 0 Å². The van der Waals surface area contributed by atoms with Gasteiger partial charge in [-0.2, -0.15) is 0 Å². The minimum absolute atomic E-state index is 0.238. The molecule has 2 nitrogen and oxygen atoms in total. The van der Waals surface area contributed by atoms with Gasteiger partial charge in [-0.05, 0) is 52.7 Å². The van der Waals surface area contributed by atoms with E-state index in [1.807, 2.05) is 55.5 Å². The van der Waals surface area contributed by atoms with E-state index < -0.39 is 0 Å². The summed E-state index contributed by atoms with van der Waals surface area (Å²) < 4.78 is 0.884. The van der Waals surface area contributed by atoms with Crippen LogP contribution < -0.4 is 4.90 Å². The summed E-state index contributed by atoms with van der Waals surface area (Å²) >= 11 is 3.47. The van der Waals surface area contributed by atoms with Crippen molar-refractivity contribution in [3.05, 3.63) is 64.1 Å². The molecule has 0 atom stereocenters. The third-order valence-electron chi connectivity index (χ3n) is 2.86. The van der Waals surface area contributed by atoms with Gasteiger partial charge in [0, 0.05) is 23.0 Å². The Morgan fingerprint density at radius 2 is 1.85 bits per heavy atom. The van der Waals surface area contributed by atoms with Crippen LogP contribution in [0.5, 0.6) is 0 Å². The fourth-order valence-corrected chi connectivity index (χ4v) is 2.48.